The van der Waals surface area contributed by atoms with Crippen molar-refractivity contribution in [2.45, 2.75) is 13.8 Å². The van der Waals surface area contributed by atoms with Gasteiger partial charge < -0.3 is 15.8 Å². The van der Waals surface area contributed by atoms with Crippen molar-refractivity contribution >= 4 is 33.9 Å². The normalized spacial score (nSPS) is 10.5. The number of methoxy groups -OCH3 is 1. The lowest BCUT2D eigenvalue weighted by Gasteiger charge is -2.05. The molecule has 0 bridgehead atoms. The van der Waals surface area contributed by atoms with Gasteiger partial charge in [0.2, 0.25) is 0 Å². The molecule has 0 aromatic carbocycles. The lowest BCUT2D eigenvalue weighted by atomic mass is 10.1. The smallest absolute Gasteiger partial charge is 0.341 e. The van der Waals surface area contributed by atoms with Gasteiger partial charge in [-0.1, -0.05) is 0 Å². The molecule has 8 heteroatoms. The largest absolute Gasteiger partial charge is 0.465 e. The average molecular weight is 308 g/mol. The molecule has 21 heavy (non-hydrogen) atoms. The van der Waals surface area contributed by atoms with Gasteiger partial charge in [0.05, 0.1) is 18.4 Å². The van der Waals surface area contributed by atoms with Crippen LogP contribution in [0.2, 0.25) is 0 Å². The maximum Gasteiger partial charge on any atom is 0.341 e. The third kappa shape index (κ3) is 2.75. The van der Waals surface area contributed by atoms with Crippen LogP contribution in [-0.4, -0.2) is 28.8 Å². The fourth-order valence-corrected chi connectivity index (χ4v) is 2.95. The van der Waals surface area contributed by atoms with Crippen LogP contribution in [0.4, 0.5) is 10.7 Å². The van der Waals surface area contributed by atoms with E-state index >= 15 is 0 Å². The number of ether oxygens (including phenoxy) is 1. The molecule has 2 rings (SSSR count). The molecule has 0 aliphatic rings. The molecular formula is C13H16N4O3S. The van der Waals surface area contributed by atoms with Crippen LogP contribution in [-0.2, 0) is 11.8 Å². The van der Waals surface area contributed by atoms with Crippen molar-refractivity contribution in [3.05, 3.63) is 27.9 Å². The van der Waals surface area contributed by atoms with Gasteiger partial charge in [0, 0.05) is 18.1 Å². The number of hydrogen-bond acceptors (Lipinski definition) is 6. The van der Waals surface area contributed by atoms with Crippen LogP contribution < -0.4 is 11.1 Å². The number of nitrogen functional groups attached to an aromatic ring is 1. The number of nitrogens with zero attached hydrogens (tertiary/aromatic N) is 2. The molecule has 0 unspecified atom stereocenters. The number of aromatic nitrogens is 2. The zero-order chi connectivity index (χ0) is 15.7. The Morgan fingerprint density at radius 1 is 1.43 bits per heavy atom. The van der Waals surface area contributed by atoms with Gasteiger partial charge in [-0.15, -0.1) is 11.3 Å². The van der Waals surface area contributed by atoms with E-state index in [-0.39, 0.29) is 11.4 Å². The molecule has 1 amide bonds. The highest BCUT2D eigenvalue weighted by molar-refractivity contribution is 7.16. The van der Waals surface area contributed by atoms with E-state index in [1.54, 1.807) is 13.2 Å². The van der Waals surface area contributed by atoms with Gasteiger partial charge >= 0.3 is 5.97 Å². The molecule has 0 aliphatic heterocycles. The first-order chi connectivity index (χ1) is 9.85. The monoisotopic (exact) mass is 308 g/mol. The number of esters is 1. The number of aryl methyl sites for hydroxylation is 2. The second kappa shape index (κ2) is 5.57. The first kappa shape index (κ1) is 15.0. The maximum atomic E-state index is 12.2. The quantitative estimate of drug-likeness (QED) is 0.841. The summed E-state index contributed by atoms with van der Waals surface area (Å²) >= 11 is 1.31. The Labute approximate surface area is 125 Å². The van der Waals surface area contributed by atoms with Crippen LogP contribution in [0.5, 0.6) is 0 Å². The van der Waals surface area contributed by atoms with E-state index in [0.29, 0.717) is 10.6 Å². The van der Waals surface area contributed by atoms with Crippen molar-refractivity contribution in [3.8, 4) is 0 Å². The van der Waals surface area contributed by atoms with Crippen LogP contribution in [0, 0.1) is 13.8 Å². The zero-order valence-corrected chi connectivity index (χ0v) is 13.0. The third-order valence-corrected chi connectivity index (χ3v) is 4.20. The van der Waals surface area contributed by atoms with Gasteiger partial charge in [-0.25, -0.2) is 4.79 Å². The molecule has 0 saturated heterocycles. The van der Waals surface area contributed by atoms with Gasteiger partial charge in [-0.3, -0.25) is 9.48 Å². The minimum atomic E-state index is -0.485. The molecule has 2 aromatic rings. The van der Waals surface area contributed by atoms with Crippen LogP contribution in [0.25, 0.3) is 0 Å². The van der Waals surface area contributed by atoms with Gasteiger partial charge in [0.1, 0.15) is 5.00 Å². The number of carbonyl (C=O) groups is 2. The summed E-state index contributed by atoms with van der Waals surface area (Å²) in [6, 6.07) is 0. The highest BCUT2D eigenvalue weighted by Gasteiger charge is 2.23. The summed E-state index contributed by atoms with van der Waals surface area (Å²) in [5, 5.41) is 7.12. The average Bonchev–Trinajstić information content (AvgIpc) is 2.89. The maximum absolute atomic E-state index is 12.2. The number of amides is 1. The summed E-state index contributed by atoms with van der Waals surface area (Å²) in [6.45, 7) is 3.68. The molecule has 0 fully saturated rings. The molecule has 0 radical (unpaired) electrons. The van der Waals surface area contributed by atoms with E-state index in [9.17, 15) is 9.59 Å². The molecule has 7 nitrogen and oxygen atoms in total. The highest BCUT2D eigenvalue weighted by atomic mass is 32.1. The van der Waals surface area contributed by atoms with Gasteiger partial charge in [0.15, 0.2) is 5.69 Å². The first-order valence-corrected chi connectivity index (χ1v) is 6.95. The number of thiophene rings is 1. The standard InChI is InChI=1S/C13H16N4O3S/c1-6-7(2)21-12(9(6)13(19)20-4)15-11(18)10-8(14)5-17(3)16-10/h5H,14H2,1-4H3,(H,15,18). The van der Waals surface area contributed by atoms with E-state index in [4.69, 9.17) is 10.5 Å². The fourth-order valence-electron chi connectivity index (χ4n) is 1.91. The number of rotatable bonds is 3. The fraction of sp³-hybridized carbons (Fsp3) is 0.308. The molecule has 112 valence electrons. The Hall–Kier alpha value is -2.35. The number of hydrogen-bond donors (Lipinski definition) is 2. The number of nitrogens with two attached hydrogens (primary N) is 1. The summed E-state index contributed by atoms with van der Waals surface area (Å²) in [5.74, 6) is -0.944. The number of anilines is 2. The van der Waals surface area contributed by atoms with Crippen LogP contribution >= 0.6 is 11.3 Å². The summed E-state index contributed by atoms with van der Waals surface area (Å²) < 4.78 is 6.21. The minimum Gasteiger partial charge on any atom is -0.465 e. The van der Waals surface area contributed by atoms with E-state index < -0.39 is 11.9 Å². The Bertz CT molecular complexity index is 717. The number of carbonyl (C=O) groups excluding carboxylic acids is 2. The molecule has 2 heterocycles. The van der Waals surface area contributed by atoms with Crippen LogP contribution in [0.3, 0.4) is 0 Å². The van der Waals surface area contributed by atoms with E-state index in [1.165, 1.54) is 23.1 Å². The first-order valence-electron chi connectivity index (χ1n) is 6.14. The van der Waals surface area contributed by atoms with Gasteiger partial charge in [-0.05, 0) is 19.4 Å². The molecular weight excluding hydrogens is 292 g/mol. The van der Waals surface area contributed by atoms with Gasteiger partial charge in [0.25, 0.3) is 5.91 Å². The van der Waals surface area contributed by atoms with Crippen molar-refractivity contribution in [1.82, 2.24) is 9.78 Å². The molecule has 0 atom stereocenters. The topological polar surface area (TPSA) is 99.2 Å². The Balaban J connectivity index is 2.36. The second-order valence-corrected chi connectivity index (χ2v) is 5.76. The number of nitrogens with one attached hydrogen (secondary N) is 1. The van der Waals surface area contributed by atoms with Crippen molar-refractivity contribution < 1.29 is 14.3 Å². The molecule has 3 N–H and O–H groups in total. The summed E-state index contributed by atoms with van der Waals surface area (Å²) in [7, 11) is 2.98. The molecule has 2 aromatic heterocycles. The SMILES string of the molecule is COC(=O)c1c(NC(=O)c2nn(C)cc2N)sc(C)c1C. The lowest BCUT2D eigenvalue weighted by Crippen LogP contribution is -2.16. The van der Waals surface area contributed by atoms with E-state index in [1.807, 2.05) is 13.8 Å². The van der Waals surface area contributed by atoms with Gasteiger partial charge in [-0.2, -0.15) is 5.10 Å². The molecule has 0 aliphatic carbocycles. The minimum absolute atomic E-state index is 0.122. The summed E-state index contributed by atoms with van der Waals surface area (Å²) in [6.07, 6.45) is 1.54. The highest BCUT2D eigenvalue weighted by Crippen LogP contribution is 2.33. The summed E-state index contributed by atoms with van der Waals surface area (Å²) in [4.78, 5) is 25.0. The van der Waals surface area contributed by atoms with Crippen molar-refractivity contribution in [1.29, 1.82) is 0 Å². The zero-order valence-electron chi connectivity index (χ0n) is 12.2. The predicted octanol–water partition coefficient (Wildman–Crippen LogP) is 1.72. The van der Waals surface area contributed by atoms with Crippen LogP contribution in [0.15, 0.2) is 6.20 Å². The van der Waals surface area contributed by atoms with Crippen molar-refractivity contribution in [2.75, 3.05) is 18.2 Å². The van der Waals surface area contributed by atoms with Crippen molar-refractivity contribution in [2.24, 2.45) is 7.05 Å². The van der Waals surface area contributed by atoms with Crippen molar-refractivity contribution in [3.63, 3.8) is 0 Å². The lowest BCUT2D eigenvalue weighted by molar-refractivity contribution is 0.0601. The predicted molar refractivity (Wildman–Crippen MR) is 80.7 cm³/mol. The second-order valence-electron chi connectivity index (χ2n) is 4.54. The Kier molecular flexibility index (Phi) is 3.99. The third-order valence-electron chi connectivity index (χ3n) is 3.07. The van der Waals surface area contributed by atoms with E-state index in [0.717, 1.165) is 10.4 Å². The van der Waals surface area contributed by atoms with Crippen LogP contribution in [0.1, 0.15) is 31.3 Å². The Morgan fingerprint density at radius 2 is 2.10 bits per heavy atom. The molecule has 0 saturated carbocycles. The Morgan fingerprint density at radius 3 is 2.62 bits per heavy atom. The molecule has 0 spiro atoms. The summed E-state index contributed by atoms with van der Waals surface area (Å²) in [5.41, 5.74) is 7.27. The van der Waals surface area contributed by atoms with E-state index in [2.05, 4.69) is 10.4 Å².